The summed E-state index contributed by atoms with van der Waals surface area (Å²) in [6.07, 6.45) is 20.2. The fourth-order valence-electron chi connectivity index (χ4n) is 7.39. The van der Waals surface area contributed by atoms with E-state index in [0.29, 0.717) is 0 Å². The monoisotopic (exact) mass is 348 g/mol. The van der Waals surface area contributed by atoms with E-state index in [-0.39, 0.29) is 0 Å². The first-order valence-electron chi connectivity index (χ1n) is 11.5. The van der Waals surface area contributed by atoms with Gasteiger partial charge in [-0.15, -0.1) is 8.58 Å². The van der Waals surface area contributed by atoms with Crippen molar-refractivity contribution in [2.75, 3.05) is 6.16 Å². The molecule has 138 valence electrons. The molecule has 1 heteroatoms. The summed E-state index contributed by atoms with van der Waals surface area (Å²) < 4.78 is 0. The van der Waals surface area contributed by atoms with Gasteiger partial charge in [-0.25, -0.2) is 0 Å². The molecule has 0 aromatic heterocycles. The van der Waals surface area contributed by atoms with Crippen LogP contribution in [0.25, 0.3) is 0 Å². The molecule has 0 N–H and O–H groups in total. The fourth-order valence-corrected chi connectivity index (χ4v) is 9.11. The Balaban J connectivity index is 1.49. The molecule has 0 aromatic rings. The van der Waals surface area contributed by atoms with Crippen molar-refractivity contribution >= 4 is 8.58 Å². The van der Waals surface area contributed by atoms with Gasteiger partial charge >= 0.3 is 0 Å². The molecule has 0 bridgehead atoms. The molecule has 0 radical (unpaired) electrons. The van der Waals surface area contributed by atoms with E-state index < -0.39 is 0 Å². The second kappa shape index (κ2) is 7.98. The Bertz CT molecular complexity index is 393. The van der Waals surface area contributed by atoms with Crippen molar-refractivity contribution in [3.8, 4) is 0 Å². The summed E-state index contributed by atoms with van der Waals surface area (Å²) in [5.41, 5.74) is 1.12. The molecule has 0 spiro atoms. The lowest BCUT2D eigenvalue weighted by Crippen LogP contribution is -2.56. The standard InChI is InChI=1S/C23H41P/c1-3-24-21-14-16(2)22(18-12-9-13-18)23-19(15-20(21)23)17-10-7-5-4-6-8-11-17/h16-24H,3-15H2,1-2H3. The Morgan fingerprint density at radius 1 is 0.708 bits per heavy atom. The van der Waals surface area contributed by atoms with Crippen molar-refractivity contribution in [2.24, 2.45) is 41.4 Å². The lowest BCUT2D eigenvalue weighted by atomic mass is 9.45. The SMILES string of the molecule is CCPC1CC(C)C(C2CCC2)C2C(C3CCCCCCC3)CC12. The summed E-state index contributed by atoms with van der Waals surface area (Å²) in [6.45, 7) is 5.08. The lowest BCUT2D eigenvalue weighted by Gasteiger charge is -2.62. The minimum atomic E-state index is 1.04. The van der Waals surface area contributed by atoms with Crippen LogP contribution in [0.1, 0.15) is 90.9 Å². The predicted octanol–water partition coefficient (Wildman–Crippen LogP) is 7.12. The van der Waals surface area contributed by atoms with Crippen LogP contribution in [0.4, 0.5) is 0 Å². The quantitative estimate of drug-likeness (QED) is 0.474. The maximum Gasteiger partial charge on any atom is -0.0203 e. The van der Waals surface area contributed by atoms with Crippen LogP contribution in [0.5, 0.6) is 0 Å². The Kier molecular flexibility index (Phi) is 5.93. The third-order valence-electron chi connectivity index (χ3n) is 8.69. The zero-order chi connectivity index (χ0) is 16.5. The zero-order valence-corrected chi connectivity index (χ0v) is 17.3. The van der Waals surface area contributed by atoms with Gasteiger partial charge in [0.15, 0.2) is 0 Å². The van der Waals surface area contributed by atoms with Gasteiger partial charge in [-0.2, -0.15) is 0 Å². The van der Waals surface area contributed by atoms with Gasteiger partial charge in [0.25, 0.3) is 0 Å². The van der Waals surface area contributed by atoms with E-state index in [1.165, 1.54) is 34.0 Å². The zero-order valence-electron chi connectivity index (χ0n) is 16.3. The van der Waals surface area contributed by atoms with Gasteiger partial charge in [0.05, 0.1) is 0 Å². The van der Waals surface area contributed by atoms with Crippen LogP contribution in [0.3, 0.4) is 0 Å². The van der Waals surface area contributed by atoms with Crippen LogP contribution >= 0.6 is 8.58 Å². The minimum Gasteiger partial charge on any atom is -0.119 e. The van der Waals surface area contributed by atoms with Crippen LogP contribution in [0.2, 0.25) is 0 Å². The third-order valence-corrected chi connectivity index (χ3v) is 10.3. The molecule has 4 rings (SSSR count). The van der Waals surface area contributed by atoms with Crippen molar-refractivity contribution in [2.45, 2.75) is 96.6 Å². The van der Waals surface area contributed by atoms with E-state index in [4.69, 9.17) is 0 Å². The average molecular weight is 349 g/mol. The highest BCUT2D eigenvalue weighted by atomic mass is 31.1. The molecular formula is C23H41P. The van der Waals surface area contributed by atoms with Gasteiger partial charge < -0.3 is 0 Å². The molecule has 4 aliphatic carbocycles. The van der Waals surface area contributed by atoms with Crippen molar-refractivity contribution in [3.63, 3.8) is 0 Å². The molecule has 4 fully saturated rings. The number of hydrogen-bond acceptors (Lipinski definition) is 0. The molecule has 24 heavy (non-hydrogen) atoms. The highest BCUT2D eigenvalue weighted by molar-refractivity contribution is 7.38. The van der Waals surface area contributed by atoms with Crippen molar-refractivity contribution in [3.05, 3.63) is 0 Å². The van der Waals surface area contributed by atoms with Gasteiger partial charge in [-0.05, 0) is 66.1 Å². The Hall–Kier alpha value is 0.430. The Labute approximate surface area is 153 Å². The molecule has 7 unspecified atom stereocenters. The number of rotatable bonds is 4. The Morgan fingerprint density at radius 3 is 2.00 bits per heavy atom. The molecule has 0 aromatic carbocycles. The first-order valence-corrected chi connectivity index (χ1v) is 12.8. The lowest BCUT2D eigenvalue weighted by molar-refractivity contribution is -0.105. The van der Waals surface area contributed by atoms with Gasteiger partial charge in [0.2, 0.25) is 0 Å². The maximum absolute atomic E-state index is 2.65. The number of hydrogen-bond donors (Lipinski definition) is 0. The molecule has 0 heterocycles. The fraction of sp³-hybridized carbons (Fsp3) is 1.00. The predicted molar refractivity (Wildman–Crippen MR) is 108 cm³/mol. The summed E-state index contributed by atoms with van der Waals surface area (Å²) in [5, 5.41) is 0. The largest absolute Gasteiger partial charge is 0.119 e. The van der Waals surface area contributed by atoms with Crippen molar-refractivity contribution in [1.29, 1.82) is 0 Å². The molecule has 0 amide bonds. The van der Waals surface area contributed by atoms with Gasteiger partial charge in [-0.3, -0.25) is 0 Å². The molecular weight excluding hydrogens is 307 g/mol. The van der Waals surface area contributed by atoms with Crippen LogP contribution in [0, 0.1) is 41.4 Å². The molecule has 0 saturated heterocycles. The summed E-state index contributed by atoms with van der Waals surface area (Å²) >= 11 is 0. The second-order valence-corrected chi connectivity index (χ2v) is 11.7. The first-order chi connectivity index (χ1) is 11.8. The van der Waals surface area contributed by atoms with Crippen LogP contribution < -0.4 is 0 Å². The van der Waals surface area contributed by atoms with Crippen molar-refractivity contribution < 1.29 is 0 Å². The summed E-state index contributed by atoms with van der Waals surface area (Å²) in [5.74, 6) is 7.88. The Morgan fingerprint density at radius 2 is 1.38 bits per heavy atom. The smallest absolute Gasteiger partial charge is 0.0203 e. The molecule has 4 saturated carbocycles. The third kappa shape index (κ3) is 3.35. The van der Waals surface area contributed by atoms with Crippen LogP contribution in [-0.4, -0.2) is 11.8 Å². The van der Waals surface area contributed by atoms with Crippen molar-refractivity contribution in [1.82, 2.24) is 0 Å². The summed E-state index contributed by atoms with van der Waals surface area (Å²) in [7, 11) is 1.27. The highest BCUT2D eigenvalue weighted by Gasteiger charge is 2.56. The van der Waals surface area contributed by atoms with Crippen LogP contribution in [-0.2, 0) is 0 Å². The van der Waals surface area contributed by atoms with Gasteiger partial charge in [0, 0.05) is 0 Å². The topological polar surface area (TPSA) is 0 Å². The number of fused-ring (bicyclic) bond motifs is 1. The van der Waals surface area contributed by atoms with Gasteiger partial charge in [0.1, 0.15) is 0 Å². The van der Waals surface area contributed by atoms with E-state index in [1.807, 2.05) is 0 Å². The molecule has 7 atom stereocenters. The molecule has 4 aliphatic rings. The average Bonchev–Trinajstić information content (AvgIpc) is 2.44. The second-order valence-electron chi connectivity index (χ2n) is 9.89. The van der Waals surface area contributed by atoms with E-state index in [1.54, 1.807) is 57.8 Å². The molecule has 0 aliphatic heterocycles. The van der Waals surface area contributed by atoms with E-state index in [9.17, 15) is 0 Å². The van der Waals surface area contributed by atoms with E-state index in [0.717, 1.165) is 47.1 Å². The van der Waals surface area contributed by atoms with Gasteiger partial charge in [-0.1, -0.05) is 78.1 Å². The van der Waals surface area contributed by atoms with E-state index in [2.05, 4.69) is 13.8 Å². The summed E-state index contributed by atoms with van der Waals surface area (Å²) in [4.78, 5) is 0. The minimum absolute atomic E-state index is 1.04. The van der Waals surface area contributed by atoms with Crippen LogP contribution in [0.15, 0.2) is 0 Å². The maximum atomic E-state index is 2.65. The summed E-state index contributed by atoms with van der Waals surface area (Å²) in [6, 6.07) is 0. The van der Waals surface area contributed by atoms with E-state index >= 15 is 0 Å². The normalized spacial score (nSPS) is 45.2. The highest BCUT2D eigenvalue weighted by Crippen LogP contribution is 2.64. The molecule has 0 nitrogen and oxygen atoms in total. The first kappa shape index (κ1) is 17.8.